The molecule has 0 unspecified atom stereocenters. The van der Waals surface area contributed by atoms with Crippen LogP contribution in [-0.4, -0.2) is 60.7 Å². The largest absolute Gasteiger partial charge is 0.491 e. The Hall–Kier alpha value is -2.32. The fourth-order valence-corrected chi connectivity index (χ4v) is 4.63. The van der Waals surface area contributed by atoms with E-state index < -0.39 is 30.7 Å². The molecule has 2 fully saturated rings. The number of benzene rings is 2. The molecule has 1 saturated heterocycles. The van der Waals surface area contributed by atoms with Gasteiger partial charge in [0.15, 0.2) is 12.4 Å². The predicted octanol–water partition coefficient (Wildman–Crippen LogP) is 4.44. The van der Waals surface area contributed by atoms with Gasteiger partial charge in [0.2, 0.25) is 0 Å². The van der Waals surface area contributed by atoms with Crippen molar-refractivity contribution in [1.82, 2.24) is 0 Å². The zero-order valence-electron chi connectivity index (χ0n) is 20.8. The number of ether oxygens (including phenoxy) is 5. The number of hydrogen-bond acceptors (Lipinski definition) is 7. The van der Waals surface area contributed by atoms with Crippen molar-refractivity contribution in [2.75, 3.05) is 13.7 Å². The summed E-state index contributed by atoms with van der Waals surface area (Å²) in [7, 11) is 1.48. The van der Waals surface area contributed by atoms with Gasteiger partial charge in [-0.2, -0.15) is 0 Å². The van der Waals surface area contributed by atoms with Gasteiger partial charge in [-0.05, 0) is 73.6 Å². The lowest BCUT2D eigenvalue weighted by Gasteiger charge is -2.41. The fourth-order valence-electron chi connectivity index (χ4n) is 4.63. The Morgan fingerprint density at radius 2 is 1.57 bits per heavy atom. The molecule has 1 aliphatic carbocycles. The van der Waals surface area contributed by atoms with Crippen molar-refractivity contribution < 1.29 is 33.9 Å². The van der Waals surface area contributed by atoms with Gasteiger partial charge in [0, 0.05) is 7.11 Å². The van der Waals surface area contributed by atoms with Crippen molar-refractivity contribution >= 4 is 0 Å². The highest BCUT2D eigenvalue weighted by atomic mass is 16.7. The van der Waals surface area contributed by atoms with E-state index in [1.807, 2.05) is 36.4 Å². The second-order valence-corrected chi connectivity index (χ2v) is 9.73. The number of aliphatic hydroxyl groups excluding tert-OH is 2. The fraction of sp³-hybridized carbons (Fsp3) is 0.571. The summed E-state index contributed by atoms with van der Waals surface area (Å²) in [6.07, 6.45) is 1.18. The van der Waals surface area contributed by atoms with Gasteiger partial charge in [-0.3, -0.25) is 0 Å². The van der Waals surface area contributed by atoms with Gasteiger partial charge in [0.1, 0.15) is 42.2 Å². The van der Waals surface area contributed by atoms with E-state index >= 15 is 0 Å². The molecule has 2 aliphatic rings. The third-order valence-corrected chi connectivity index (χ3v) is 6.77. The van der Waals surface area contributed by atoms with E-state index in [1.165, 1.54) is 26.4 Å². The first kappa shape index (κ1) is 25.8. The maximum Gasteiger partial charge on any atom is 0.197 e. The summed E-state index contributed by atoms with van der Waals surface area (Å²) in [5.74, 6) is 2.39. The van der Waals surface area contributed by atoms with Crippen LogP contribution >= 0.6 is 0 Å². The molecule has 5 atom stereocenters. The second kappa shape index (κ2) is 12.1. The Bertz CT molecular complexity index is 908. The van der Waals surface area contributed by atoms with E-state index in [0.29, 0.717) is 17.4 Å². The molecule has 0 bridgehead atoms. The molecule has 7 heteroatoms. The van der Waals surface area contributed by atoms with E-state index in [0.717, 1.165) is 24.2 Å². The summed E-state index contributed by atoms with van der Waals surface area (Å²) < 4.78 is 29.3. The van der Waals surface area contributed by atoms with Crippen LogP contribution in [-0.2, 0) is 9.47 Å². The van der Waals surface area contributed by atoms with Gasteiger partial charge in [0.25, 0.3) is 0 Å². The minimum Gasteiger partial charge on any atom is -0.491 e. The van der Waals surface area contributed by atoms with Crippen LogP contribution in [0.25, 0.3) is 0 Å². The van der Waals surface area contributed by atoms with Gasteiger partial charge < -0.3 is 33.9 Å². The van der Waals surface area contributed by atoms with Crippen molar-refractivity contribution in [3.63, 3.8) is 0 Å². The molecule has 2 aromatic carbocycles. The van der Waals surface area contributed by atoms with Crippen LogP contribution in [0.2, 0.25) is 0 Å². The first-order valence-corrected chi connectivity index (χ1v) is 12.6. The normalized spacial score (nSPS) is 27.5. The summed E-state index contributed by atoms with van der Waals surface area (Å²) >= 11 is 0. The molecule has 1 saturated carbocycles. The van der Waals surface area contributed by atoms with Gasteiger partial charge in [0.05, 0.1) is 6.10 Å². The molecule has 35 heavy (non-hydrogen) atoms. The first-order valence-electron chi connectivity index (χ1n) is 12.6. The van der Waals surface area contributed by atoms with Crippen molar-refractivity contribution in [3.8, 4) is 17.2 Å². The van der Waals surface area contributed by atoms with Crippen LogP contribution in [0.1, 0.15) is 57.4 Å². The minimum atomic E-state index is -1.22. The molecule has 7 nitrogen and oxygen atoms in total. The maximum atomic E-state index is 10.8. The van der Waals surface area contributed by atoms with Gasteiger partial charge in [-0.25, -0.2) is 0 Å². The molecule has 0 aromatic heterocycles. The molecular formula is C28H38O7. The van der Waals surface area contributed by atoms with E-state index in [2.05, 4.69) is 13.8 Å². The second-order valence-electron chi connectivity index (χ2n) is 9.73. The Morgan fingerprint density at radius 3 is 2.23 bits per heavy atom. The Morgan fingerprint density at radius 1 is 0.886 bits per heavy atom. The van der Waals surface area contributed by atoms with E-state index in [-0.39, 0.29) is 12.7 Å². The average Bonchev–Trinajstić information content (AvgIpc) is 2.88. The Kier molecular flexibility index (Phi) is 8.89. The molecular weight excluding hydrogens is 448 g/mol. The Labute approximate surface area is 207 Å². The van der Waals surface area contributed by atoms with Crippen molar-refractivity contribution in [1.29, 1.82) is 0 Å². The van der Waals surface area contributed by atoms with Gasteiger partial charge in [-0.15, -0.1) is 0 Å². The van der Waals surface area contributed by atoms with E-state index in [4.69, 9.17) is 23.7 Å². The molecule has 1 heterocycles. The van der Waals surface area contributed by atoms with Crippen LogP contribution in [0.5, 0.6) is 17.2 Å². The zero-order chi connectivity index (χ0) is 24.8. The van der Waals surface area contributed by atoms with Gasteiger partial charge >= 0.3 is 0 Å². The Balaban J connectivity index is 1.34. The van der Waals surface area contributed by atoms with Crippen LogP contribution in [0.4, 0.5) is 0 Å². The van der Waals surface area contributed by atoms with E-state index in [9.17, 15) is 10.2 Å². The maximum absolute atomic E-state index is 10.8. The molecule has 4 rings (SSSR count). The molecule has 2 N–H and O–H groups in total. The number of methoxy groups -OCH3 is 1. The summed E-state index contributed by atoms with van der Waals surface area (Å²) in [4.78, 5) is 0. The summed E-state index contributed by atoms with van der Waals surface area (Å²) in [6, 6.07) is 15.1. The van der Waals surface area contributed by atoms with Crippen LogP contribution in [0, 0.1) is 0 Å². The number of rotatable bonds is 9. The SMILES string of the molecule is CO[C@H]1O[C@H](COc2cccc(C(C)C)c2)[C@@H](O)[C@H](O)[C@H]1Oc1ccc(OC2CCCCC2)cc1. The van der Waals surface area contributed by atoms with Crippen molar-refractivity contribution in [2.45, 2.75) is 88.7 Å². The van der Waals surface area contributed by atoms with Crippen molar-refractivity contribution in [2.24, 2.45) is 0 Å². The summed E-state index contributed by atoms with van der Waals surface area (Å²) in [5.41, 5.74) is 1.16. The van der Waals surface area contributed by atoms with Crippen LogP contribution in [0.3, 0.4) is 0 Å². The molecule has 0 radical (unpaired) electrons. The number of aliphatic hydroxyl groups is 2. The van der Waals surface area contributed by atoms with E-state index in [1.54, 1.807) is 12.1 Å². The average molecular weight is 487 g/mol. The van der Waals surface area contributed by atoms with Crippen LogP contribution in [0.15, 0.2) is 48.5 Å². The monoisotopic (exact) mass is 486 g/mol. The van der Waals surface area contributed by atoms with Crippen LogP contribution < -0.4 is 14.2 Å². The zero-order valence-corrected chi connectivity index (χ0v) is 20.8. The van der Waals surface area contributed by atoms with Crippen molar-refractivity contribution in [3.05, 3.63) is 54.1 Å². The summed E-state index contributed by atoms with van der Waals surface area (Å²) in [5, 5.41) is 21.6. The topological polar surface area (TPSA) is 86.6 Å². The molecule has 0 amide bonds. The summed E-state index contributed by atoms with van der Waals surface area (Å²) in [6.45, 7) is 4.30. The highest BCUT2D eigenvalue weighted by Gasteiger charge is 2.46. The highest BCUT2D eigenvalue weighted by molar-refractivity contribution is 5.32. The molecule has 1 aliphatic heterocycles. The predicted molar refractivity (Wildman–Crippen MR) is 132 cm³/mol. The molecule has 0 spiro atoms. The van der Waals surface area contributed by atoms with Gasteiger partial charge in [-0.1, -0.05) is 32.4 Å². The third kappa shape index (κ3) is 6.67. The highest BCUT2D eigenvalue weighted by Crippen LogP contribution is 2.29. The third-order valence-electron chi connectivity index (χ3n) is 6.77. The molecule has 2 aromatic rings. The lowest BCUT2D eigenvalue weighted by Crippen LogP contribution is -2.61. The smallest absolute Gasteiger partial charge is 0.197 e. The standard InChI is InChI=1S/C28H38O7/c1-18(2)19-8-7-11-23(16-19)32-17-24-25(29)26(30)27(28(31-3)35-24)34-22-14-12-21(13-15-22)33-20-9-5-4-6-10-20/h7-8,11-16,18,20,24-30H,4-6,9-10,17H2,1-3H3/t24-,25-,26+,27-,28+/m1/s1. The molecule has 192 valence electrons. The lowest BCUT2D eigenvalue weighted by molar-refractivity contribution is -0.287. The quantitative estimate of drug-likeness (QED) is 0.542. The minimum absolute atomic E-state index is 0.0690. The number of hydrogen-bond donors (Lipinski definition) is 2. The lowest BCUT2D eigenvalue weighted by atomic mass is 9.98. The first-order chi connectivity index (χ1) is 16.9.